The lowest BCUT2D eigenvalue weighted by atomic mass is 9.65. The van der Waals surface area contributed by atoms with Gasteiger partial charge in [0.1, 0.15) is 5.58 Å². The monoisotopic (exact) mass is 442 g/mol. The van der Waals surface area contributed by atoms with E-state index in [1.165, 1.54) is 16.7 Å². The molecule has 2 heteroatoms. The Bertz CT molecular complexity index is 1040. The van der Waals surface area contributed by atoms with Gasteiger partial charge in [-0.15, -0.1) is 0 Å². The van der Waals surface area contributed by atoms with Crippen LogP contribution in [0.3, 0.4) is 0 Å². The van der Waals surface area contributed by atoms with E-state index < -0.39 is 0 Å². The topological polar surface area (TPSA) is 30.2 Å². The third kappa shape index (κ3) is 5.15. The van der Waals surface area contributed by atoms with Crippen LogP contribution in [0.2, 0.25) is 0 Å². The molecule has 0 radical (unpaired) electrons. The van der Waals surface area contributed by atoms with Crippen molar-refractivity contribution in [2.75, 3.05) is 0 Å². The molecule has 0 amide bonds. The second-order valence-corrected chi connectivity index (χ2v) is 14.4. The van der Waals surface area contributed by atoms with E-state index in [4.69, 9.17) is 4.42 Å². The van der Waals surface area contributed by atoms with E-state index in [-0.39, 0.29) is 40.1 Å². The van der Waals surface area contributed by atoms with E-state index >= 15 is 0 Å². The molecule has 2 aromatic rings. The first-order valence-corrected chi connectivity index (χ1v) is 11.7. The molecule has 0 N–H and O–H groups in total. The van der Waals surface area contributed by atoms with Crippen molar-refractivity contribution in [1.82, 2.24) is 0 Å². The van der Waals surface area contributed by atoms with E-state index in [0.29, 0.717) is 0 Å². The zero-order chi connectivity index (χ0) is 24.5. The summed E-state index contributed by atoms with van der Waals surface area (Å²) in [5.41, 5.74) is 5.71. The fraction of sp³-hybridized carbons (Fsp3) is 0.700. The van der Waals surface area contributed by atoms with Crippen molar-refractivity contribution in [3.63, 3.8) is 0 Å². The Morgan fingerprint density at radius 3 is 1.19 bits per heavy atom. The number of hydrogen-bond donors (Lipinski definition) is 0. The summed E-state index contributed by atoms with van der Waals surface area (Å²) in [7, 11) is 0. The Hall–Kier alpha value is -1.57. The lowest BCUT2D eigenvalue weighted by Gasteiger charge is -2.39. The van der Waals surface area contributed by atoms with Crippen LogP contribution in [0.25, 0.3) is 11.0 Å². The lowest BCUT2D eigenvalue weighted by molar-refractivity contribution is 0.465. The SMILES string of the molecule is C.CC(C)(C)c1cc2oc(=O)c(C(C)(C)C)c(C(C)(C)C)c2c(C(C)(C)C)c1C(C)(C)C. The molecule has 2 rings (SSSR count). The number of rotatable bonds is 0. The van der Waals surface area contributed by atoms with Gasteiger partial charge in [0.25, 0.3) is 0 Å². The molecule has 0 saturated heterocycles. The standard InChI is InChI=1S/C29H46O2.CH4/c1-25(2,3)17-16-18-19(21(27(7,8)9)20(17)26(4,5)6)22(28(10,11)12)23(24(30)31-18)29(13,14)15;/h16H,1-15H3;1H4. The van der Waals surface area contributed by atoms with Gasteiger partial charge in [-0.2, -0.15) is 0 Å². The molecule has 182 valence electrons. The molecular formula is C30H50O2. The molecule has 0 spiro atoms. The van der Waals surface area contributed by atoms with Gasteiger partial charge in [0.15, 0.2) is 0 Å². The highest BCUT2D eigenvalue weighted by Crippen LogP contribution is 2.48. The molecule has 0 bridgehead atoms. The normalized spacial score (nSPS) is 14.0. The van der Waals surface area contributed by atoms with E-state index in [0.717, 1.165) is 22.1 Å². The first-order chi connectivity index (χ1) is 13.5. The summed E-state index contributed by atoms with van der Waals surface area (Å²) in [5.74, 6) is 0. The summed E-state index contributed by atoms with van der Waals surface area (Å²) in [6.45, 7) is 33.5. The van der Waals surface area contributed by atoms with Gasteiger partial charge in [-0.05, 0) is 55.4 Å². The third-order valence-corrected chi connectivity index (χ3v) is 6.01. The van der Waals surface area contributed by atoms with Crippen molar-refractivity contribution in [3.8, 4) is 0 Å². The van der Waals surface area contributed by atoms with Crippen molar-refractivity contribution < 1.29 is 4.42 Å². The quantitative estimate of drug-likeness (QED) is 0.381. The number of hydrogen-bond acceptors (Lipinski definition) is 2. The van der Waals surface area contributed by atoms with Crippen molar-refractivity contribution in [3.05, 3.63) is 44.3 Å². The van der Waals surface area contributed by atoms with Gasteiger partial charge in [0, 0.05) is 10.9 Å². The first kappa shape index (κ1) is 28.5. The van der Waals surface area contributed by atoms with Crippen LogP contribution in [0.4, 0.5) is 0 Å². The summed E-state index contributed by atoms with van der Waals surface area (Å²) >= 11 is 0. The van der Waals surface area contributed by atoms with Gasteiger partial charge in [-0.1, -0.05) is 111 Å². The smallest absolute Gasteiger partial charge is 0.340 e. The highest BCUT2D eigenvalue weighted by atomic mass is 16.4. The zero-order valence-corrected chi connectivity index (χ0v) is 22.9. The third-order valence-electron chi connectivity index (χ3n) is 6.01. The summed E-state index contributed by atoms with van der Waals surface area (Å²) < 4.78 is 6.14. The Balaban J connectivity index is 0.00000512. The van der Waals surface area contributed by atoms with Crippen LogP contribution >= 0.6 is 0 Å². The Kier molecular flexibility index (Phi) is 7.14. The maximum absolute atomic E-state index is 13.4. The molecular weight excluding hydrogens is 392 g/mol. The molecule has 0 fully saturated rings. The van der Waals surface area contributed by atoms with Crippen LogP contribution in [0.15, 0.2) is 15.3 Å². The van der Waals surface area contributed by atoms with Gasteiger partial charge in [-0.25, -0.2) is 4.79 Å². The van der Waals surface area contributed by atoms with Gasteiger partial charge >= 0.3 is 5.63 Å². The zero-order valence-electron chi connectivity index (χ0n) is 22.9. The van der Waals surface area contributed by atoms with Crippen LogP contribution in [-0.4, -0.2) is 0 Å². The van der Waals surface area contributed by atoms with Crippen molar-refractivity contribution in [2.24, 2.45) is 0 Å². The molecule has 0 atom stereocenters. The van der Waals surface area contributed by atoms with Gasteiger partial charge in [0.05, 0.1) is 0 Å². The van der Waals surface area contributed by atoms with Crippen LogP contribution in [0.5, 0.6) is 0 Å². The predicted octanol–water partition coefficient (Wildman–Crippen LogP) is 8.92. The minimum Gasteiger partial charge on any atom is -0.422 e. The Labute approximate surface area is 198 Å². The molecule has 0 aliphatic carbocycles. The molecule has 1 aromatic carbocycles. The lowest BCUT2D eigenvalue weighted by Crippen LogP contribution is -2.33. The van der Waals surface area contributed by atoms with Gasteiger partial charge in [0.2, 0.25) is 0 Å². The van der Waals surface area contributed by atoms with Crippen molar-refractivity contribution in [2.45, 2.75) is 138 Å². The summed E-state index contributed by atoms with van der Waals surface area (Å²) in [6, 6.07) is 2.16. The molecule has 32 heavy (non-hydrogen) atoms. The van der Waals surface area contributed by atoms with Crippen LogP contribution in [0, 0.1) is 0 Å². The van der Waals surface area contributed by atoms with E-state index in [1.807, 2.05) is 0 Å². The molecule has 0 aliphatic heterocycles. The molecule has 0 aliphatic rings. The van der Waals surface area contributed by atoms with Gasteiger partial charge in [-0.3, -0.25) is 0 Å². The second-order valence-electron chi connectivity index (χ2n) is 14.4. The molecule has 1 aromatic heterocycles. The average molecular weight is 443 g/mol. The van der Waals surface area contributed by atoms with Crippen molar-refractivity contribution in [1.29, 1.82) is 0 Å². The van der Waals surface area contributed by atoms with Crippen LogP contribution in [0.1, 0.15) is 139 Å². The number of fused-ring (bicyclic) bond motifs is 1. The van der Waals surface area contributed by atoms with E-state index in [2.05, 4.69) is 110 Å². The molecule has 2 nitrogen and oxygen atoms in total. The maximum atomic E-state index is 13.4. The predicted molar refractivity (Wildman–Crippen MR) is 143 cm³/mol. The van der Waals surface area contributed by atoms with Crippen LogP contribution in [-0.2, 0) is 27.1 Å². The highest BCUT2D eigenvalue weighted by molar-refractivity contribution is 5.90. The molecule has 0 unspecified atom stereocenters. The molecule has 0 saturated carbocycles. The summed E-state index contributed by atoms with van der Waals surface area (Å²) in [6.07, 6.45) is 0. The van der Waals surface area contributed by atoms with E-state index in [1.54, 1.807) is 0 Å². The summed E-state index contributed by atoms with van der Waals surface area (Å²) in [5, 5.41) is 1.14. The largest absolute Gasteiger partial charge is 0.422 e. The number of benzene rings is 1. The Morgan fingerprint density at radius 2 is 0.875 bits per heavy atom. The van der Waals surface area contributed by atoms with Crippen LogP contribution < -0.4 is 5.63 Å². The Morgan fingerprint density at radius 1 is 0.531 bits per heavy atom. The summed E-state index contributed by atoms with van der Waals surface area (Å²) in [4.78, 5) is 13.4. The fourth-order valence-corrected chi connectivity index (χ4v) is 4.92. The van der Waals surface area contributed by atoms with E-state index in [9.17, 15) is 4.79 Å². The first-order valence-electron chi connectivity index (χ1n) is 11.7. The fourth-order valence-electron chi connectivity index (χ4n) is 4.92. The van der Waals surface area contributed by atoms with Crippen molar-refractivity contribution >= 4 is 11.0 Å². The second kappa shape index (κ2) is 8.03. The van der Waals surface area contributed by atoms with Gasteiger partial charge < -0.3 is 4.42 Å². The molecule has 1 heterocycles. The highest BCUT2D eigenvalue weighted by Gasteiger charge is 2.39. The average Bonchev–Trinajstić information content (AvgIpc) is 2.46. The minimum atomic E-state index is -0.308. The minimum absolute atomic E-state index is 0. The maximum Gasteiger partial charge on any atom is 0.340 e.